The molecule has 0 amide bonds. The van der Waals surface area contributed by atoms with Crippen LogP contribution in [0.4, 0.5) is 0 Å². The molecule has 190 valence electrons. The second-order valence-corrected chi connectivity index (χ2v) is 10.8. The van der Waals surface area contributed by atoms with Crippen molar-refractivity contribution in [3.63, 3.8) is 0 Å². The maximum atomic E-state index is 13.9. The van der Waals surface area contributed by atoms with E-state index in [0.717, 1.165) is 76.1 Å². The van der Waals surface area contributed by atoms with Gasteiger partial charge in [0.2, 0.25) is 0 Å². The smallest absolute Gasteiger partial charge is 0.264 e. The number of pyridine rings is 1. The topological polar surface area (TPSA) is 83.3 Å². The SMILES string of the molecule is O=c1c2ccc3c4ccc(-c5nc6ccccc6[nH]5)c5c(O)ccc(c6ccc(c2c36)c2nc3ccccc3n12)c54. The third kappa shape index (κ3) is 2.46. The molecule has 6 heteroatoms. The number of nitrogens with one attached hydrogen (secondary N) is 1. The number of benzene rings is 7. The van der Waals surface area contributed by atoms with Gasteiger partial charge in [0.15, 0.2) is 0 Å². The standard InChI is InChI=1S/C35H18N4O2/c40-28-16-15-20-17-10-13-22-31-23(35(41)39-27-8-4-3-7-26(27)38-34(22)39)14-11-18(29(17)31)19-9-12-21(32(28)30(19)20)33-36-24-5-1-2-6-25(24)37-33/h1-16,40H,(H,36,37). The molecule has 0 atom stereocenters. The Morgan fingerprint density at radius 2 is 1.20 bits per heavy atom. The maximum absolute atomic E-state index is 13.9. The lowest BCUT2D eigenvalue weighted by Gasteiger charge is -2.18. The van der Waals surface area contributed by atoms with Crippen LogP contribution in [-0.2, 0) is 0 Å². The lowest BCUT2D eigenvalue weighted by atomic mass is 9.86. The highest BCUT2D eigenvalue weighted by Crippen LogP contribution is 2.47. The summed E-state index contributed by atoms with van der Waals surface area (Å²) in [5.74, 6) is 0.921. The average Bonchev–Trinajstić information content (AvgIpc) is 3.62. The number of aromatic amines is 1. The molecule has 3 aromatic heterocycles. The summed E-state index contributed by atoms with van der Waals surface area (Å²) >= 11 is 0. The fraction of sp³-hybridized carbons (Fsp3) is 0. The predicted molar refractivity (Wildman–Crippen MR) is 166 cm³/mol. The van der Waals surface area contributed by atoms with Crippen LogP contribution in [0.25, 0.3) is 93.0 Å². The molecule has 10 rings (SSSR count). The van der Waals surface area contributed by atoms with Gasteiger partial charge in [-0.25, -0.2) is 9.97 Å². The summed E-state index contributed by atoms with van der Waals surface area (Å²) < 4.78 is 1.74. The Morgan fingerprint density at radius 1 is 0.585 bits per heavy atom. The number of hydrogen-bond donors (Lipinski definition) is 2. The first kappa shape index (κ1) is 21.1. The number of imidazole rings is 2. The van der Waals surface area contributed by atoms with E-state index < -0.39 is 0 Å². The van der Waals surface area contributed by atoms with Gasteiger partial charge in [-0.05, 0) is 75.5 Å². The fourth-order valence-corrected chi connectivity index (χ4v) is 7.05. The molecule has 3 heterocycles. The van der Waals surface area contributed by atoms with Crippen molar-refractivity contribution in [1.29, 1.82) is 0 Å². The lowest BCUT2D eigenvalue weighted by molar-refractivity contribution is 0.482. The van der Waals surface area contributed by atoms with Gasteiger partial charge >= 0.3 is 0 Å². The fourth-order valence-electron chi connectivity index (χ4n) is 7.05. The van der Waals surface area contributed by atoms with Gasteiger partial charge < -0.3 is 10.1 Å². The van der Waals surface area contributed by atoms with E-state index in [9.17, 15) is 9.90 Å². The van der Waals surface area contributed by atoms with Gasteiger partial charge in [-0.2, -0.15) is 0 Å². The van der Waals surface area contributed by atoms with E-state index >= 15 is 0 Å². The van der Waals surface area contributed by atoms with Crippen molar-refractivity contribution >= 4 is 81.6 Å². The van der Waals surface area contributed by atoms with E-state index in [1.54, 1.807) is 10.5 Å². The summed E-state index contributed by atoms with van der Waals surface area (Å²) in [7, 11) is 0. The highest BCUT2D eigenvalue weighted by Gasteiger charge is 2.23. The minimum atomic E-state index is -0.0632. The number of fused-ring (bicyclic) bond motifs is 7. The van der Waals surface area contributed by atoms with E-state index in [1.165, 1.54) is 0 Å². The van der Waals surface area contributed by atoms with Gasteiger partial charge in [-0.3, -0.25) is 9.20 Å². The molecule has 0 saturated heterocycles. The number of nitrogens with zero attached hydrogens (tertiary/aromatic N) is 3. The normalized spacial score (nSPS) is 12.6. The molecule has 0 unspecified atom stereocenters. The van der Waals surface area contributed by atoms with Gasteiger partial charge in [0.05, 0.1) is 22.1 Å². The van der Waals surface area contributed by atoms with Crippen LogP contribution >= 0.6 is 0 Å². The molecule has 0 bridgehead atoms. The van der Waals surface area contributed by atoms with Crippen LogP contribution in [0.5, 0.6) is 5.75 Å². The second-order valence-electron chi connectivity index (χ2n) is 10.8. The van der Waals surface area contributed by atoms with Crippen molar-refractivity contribution in [3.05, 3.63) is 107 Å². The molecular weight excluding hydrogens is 508 g/mol. The van der Waals surface area contributed by atoms with Crippen LogP contribution in [0.3, 0.4) is 0 Å². The Bertz CT molecular complexity index is 2740. The summed E-state index contributed by atoms with van der Waals surface area (Å²) in [6.07, 6.45) is 0. The third-order valence-electron chi connectivity index (χ3n) is 8.76. The number of phenols is 1. The molecule has 0 spiro atoms. The van der Waals surface area contributed by atoms with Gasteiger partial charge in [-0.15, -0.1) is 0 Å². The highest BCUT2D eigenvalue weighted by molar-refractivity contribution is 6.38. The number of phenolic OH excluding ortho intramolecular Hbond substituents is 1. The Balaban J connectivity index is 1.41. The first-order chi connectivity index (χ1) is 20.2. The first-order valence-corrected chi connectivity index (χ1v) is 13.5. The number of rotatable bonds is 1. The van der Waals surface area contributed by atoms with Crippen LogP contribution in [-0.4, -0.2) is 24.5 Å². The summed E-state index contributed by atoms with van der Waals surface area (Å²) in [6, 6.07) is 31.8. The Labute approximate surface area is 230 Å². The number of H-pyrrole nitrogens is 1. The molecule has 10 aromatic rings. The highest BCUT2D eigenvalue weighted by atomic mass is 16.3. The Hall–Kier alpha value is -5.75. The van der Waals surface area contributed by atoms with E-state index in [4.69, 9.17) is 9.97 Å². The number of hydrogen-bond acceptors (Lipinski definition) is 4. The summed E-state index contributed by atoms with van der Waals surface area (Å²) in [4.78, 5) is 27.1. The molecule has 0 fully saturated rings. The summed E-state index contributed by atoms with van der Waals surface area (Å²) in [5, 5.41) is 20.7. The quantitative estimate of drug-likeness (QED) is 0.169. The average molecular weight is 527 g/mol. The molecule has 0 aliphatic carbocycles. The minimum Gasteiger partial charge on any atom is -0.507 e. The zero-order valence-electron chi connectivity index (χ0n) is 21.4. The van der Waals surface area contributed by atoms with Crippen LogP contribution in [0, 0.1) is 0 Å². The van der Waals surface area contributed by atoms with Crippen molar-refractivity contribution < 1.29 is 5.11 Å². The van der Waals surface area contributed by atoms with Crippen molar-refractivity contribution in [2.24, 2.45) is 0 Å². The molecule has 0 aliphatic heterocycles. The van der Waals surface area contributed by atoms with Crippen molar-refractivity contribution in [1.82, 2.24) is 19.4 Å². The largest absolute Gasteiger partial charge is 0.507 e. The monoisotopic (exact) mass is 526 g/mol. The molecule has 0 aliphatic rings. The van der Waals surface area contributed by atoms with Gasteiger partial charge in [0.1, 0.15) is 17.2 Å². The zero-order valence-corrected chi connectivity index (χ0v) is 21.4. The molecule has 0 radical (unpaired) electrons. The molecule has 0 saturated carbocycles. The van der Waals surface area contributed by atoms with E-state index in [-0.39, 0.29) is 11.3 Å². The predicted octanol–water partition coefficient (Wildman–Crippen LogP) is 7.74. The lowest BCUT2D eigenvalue weighted by Crippen LogP contribution is -2.13. The molecule has 2 N–H and O–H groups in total. The molecule has 7 aromatic carbocycles. The molecular formula is C35H18N4O2. The summed E-state index contributed by atoms with van der Waals surface area (Å²) in [5.41, 5.74) is 4.90. The molecule has 41 heavy (non-hydrogen) atoms. The van der Waals surface area contributed by atoms with E-state index in [0.29, 0.717) is 16.9 Å². The van der Waals surface area contributed by atoms with Crippen LogP contribution in [0.15, 0.2) is 102 Å². The maximum Gasteiger partial charge on any atom is 0.264 e. The van der Waals surface area contributed by atoms with Gasteiger partial charge in [0.25, 0.3) is 5.56 Å². The van der Waals surface area contributed by atoms with Crippen LogP contribution in [0.1, 0.15) is 0 Å². The van der Waals surface area contributed by atoms with Gasteiger partial charge in [0, 0.05) is 32.5 Å². The van der Waals surface area contributed by atoms with Gasteiger partial charge in [-0.1, -0.05) is 48.5 Å². The number of aromatic hydroxyl groups is 1. The van der Waals surface area contributed by atoms with Crippen molar-refractivity contribution in [3.8, 4) is 17.1 Å². The molecule has 6 nitrogen and oxygen atoms in total. The Kier molecular flexibility index (Phi) is 3.63. The number of aromatic nitrogens is 4. The van der Waals surface area contributed by atoms with Crippen LogP contribution < -0.4 is 5.56 Å². The van der Waals surface area contributed by atoms with E-state index in [2.05, 4.69) is 29.2 Å². The Morgan fingerprint density at radius 3 is 2.00 bits per heavy atom. The van der Waals surface area contributed by atoms with E-state index in [1.807, 2.05) is 66.7 Å². The first-order valence-electron chi connectivity index (χ1n) is 13.5. The van der Waals surface area contributed by atoms with Crippen LogP contribution in [0.2, 0.25) is 0 Å². The van der Waals surface area contributed by atoms with Crippen molar-refractivity contribution in [2.75, 3.05) is 0 Å². The zero-order chi connectivity index (χ0) is 27.0. The second kappa shape index (κ2) is 7.06. The third-order valence-corrected chi connectivity index (χ3v) is 8.76. The summed E-state index contributed by atoms with van der Waals surface area (Å²) in [6.45, 7) is 0. The minimum absolute atomic E-state index is 0.0632. The van der Waals surface area contributed by atoms with Crippen molar-refractivity contribution in [2.45, 2.75) is 0 Å². The number of para-hydroxylation sites is 4.